The molecule has 4 heteroatoms. The van der Waals surface area contributed by atoms with Gasteiger partial charge < -0.3 is 0 Å². The van der Waals surface area contributed by atoms with Gasteiger partial charge in [0.15, 0.2) is 0 Å². The summed E-state index contributed by atoms with van der Waals surface area (Å²) in [6.45, 7) is 0. The van der Waals surface area contributed by atoms with Crippen molar-refractivity contribution in [3.05, 3.63) is 30.1 Å². The quantitative estimate of drug-likeness (QED) is 0.542. The number of hydrogen-bond acceptors (Lipinski definition) is 4. The van der Waals surface area contributed by atoms with E-state index in [-0.39, 0.29) is 0 Å². The fraction of sp³-hybridized carbons (Fsp3) is 0.444. The van der Waals surface area contributed by atoms with Crippen LogP contribution in [0.3, 0.4) is 0 Å². The van der Waals surface area contributed by atoms with Crippen molar-refractivity contribution in [1.29, 1.82) is 0 Å². The molecule has 1 aromatic rings. The van der Waals surface area contributed by atoms with Crippen molar-refractivity contribution >= 4 is 11.8 Å². The van der Waals surface area contributed by atoms with Crippen LogP contribution in [0.2, 0.25) is 0 Å². The molecule has 0 bridgehead atoms. The predicted octanol–water partition coefficient (Wildman–Crippen LogP) is 0.819. The van der Waals surface area contributed by atoms with Gasteiger partial charge in [0.1, 0.15) is 0 Å². The highest BCUT2D eigenvalue weighted by atomic mass is 32.2. The zero-order valence-corrected chi connectivity index (χ0v) is 8.55. The second kappa shape index (κ2) is 5.96. The van der Waals surface area contributed by atoms with Crippen molar-refractivity contribution in [2.45, 2.75) is 12.5 Å². The van der Waals surface area contributed by atoms with Gasteiger partial charge in [0.05, 0.1) is 0 Å². The zero-order valence-electron chi connectivity index (χ0n) is 7.73. The van der Waals surface area contributed by atoms with E-state index in [0.29, 0.717) is 6.04 Å². The van der Waals surface area contributed by atoms with Crippen molar-refractivity contribution in [2.24, 2.45) is 5.84 Å². The van der Waals surface area contributed by atoms with Gasteiger partial charge in [-0.2, -0.15) is 11.8 Å². The molecule has 1 aromatic heterocycles. The van der Waals surface area contributed by atoms with Gasteiger partial charge in [-0.3, -0.25) is 16.3 Å². The Morgan fingerprint density at radius 1 is 1.62 bits per heavy atom. The van der Waals surface area contributed by atoms with Gasteiger partial charge >= 0.3 is 0 Å². The van der Waals surface area contributed by atoms with Crippen LogP contribution in [0.5, 0.6) is 0 Å². The van der Waals surface area contributed by atoms with Crippen molar-refractivity contribution in [1.82, 2.24) is 10.4 Å². The van der Waals surface area contributed by atoms with E-state index in [4.69, 9.17) is 5.84 Å². The van der Waals surface area contributed by atoms with Crippen LogP contribution in [-0.2, 0) is 6.42 Å². The van der Waals surface area contributed by atoms with Crippen LogP contribution < -0.4 is 11.3 Å². The maximum Gasteiger partial charge on any atom is 0.0419 e. The molecule has 0 aromatic carbocycles. The maximum absolute atomic E-state index is 5.42. The van der Waals surface area contributed by atoms with Crippen LogP contribution in [0.1, 0.15) is 5.69 Å². The summed E-state index contributed by atoms with van der Waals surface area (Å²) in [5.41, 5.74) is 3.87. The first-order valence-electron chi connectivity index (χ1n) is 4.21. The Hall–Kier alpha value is -0.580. The highest BCUT2D eigenvalue weighted by Crippen LogP contribution is 2.03. The molecule has 0 fully saturated rings. The molecule has 3 nitrogen and oxygen atoms in total. The van der Waals surface area contributed by atoms with Gasteiger partial charge in [-0.1, -0.05) is 6.07 Å². The molecule has 0 aliphatic heterocycles. The summed E-state index contributed by atoms with van der Waals surface area (Å²) in [5, 5.41) is 0. The van der Waals surface area contributed by atoms with Crippen molar-refractivity contribution in [3.8, 4) is 0 Å². The van der Waals surface area contributed by atoms with Crippen LogP contribution in [0.4, 0.5) is 0 Å². The second-order valence-electron chi connectivity index (χ2n) is 2.84. The number of nitrogens with one attached hydrogen (secondary N) is 1. The van der Waals surface area contributed by atoms with E-state index in [1.54, 1.807) is 11.8 Å². The molecule has 3 N–H and O–H groups in total. The Kier molecular flexibility index (Phi) is 4.82. The van der Waals surface area contributed by atoms with Gasteiger partial charge in [-0.25, -0.2) is 0 Å². The van der Waals surface area contributed by atoms with Crippen LogP contribution >= 0.6 is 11.8 Å². The molecule has 0 saturated heterocycles. The lowest BCUT2D eigenvalue weighted by molar-refractivity contribution is 0.569. The monoisotopic (exact) mass is 197 g/mol. The molecule has 0 radical (unpaired) electrons. The third-order valence-electron chi connectivity index (χ3n) is 1.79. The van der Waals surface area contributed by atoms with Gasteiger partial charge in [-0.15, -0.1) is 0 Å². The Morgan fingerprint density at radius 2 is 2.46 bits per heavy atom. The smallest absolute Gasteiger partial charge is 0.0419 e. The lowest BCUT2D eigenvalue weighted by Gasteiger charge is -2.13. The Bertz CT molecular complexity index is 228. The van der Waals surface area contributed by atoms with E-state index >= 15 is 0 Å². The molecule has 1 atom stereocenters. The third-order valence-corrected chi connectivity index (χ3v) is 2.52. The summed E-state index contributed by atoms with van der Waals surface area (Å²) < 4.78 is 0. The van der Waals surface area contributed by atoms with Crippen LogP contribution in [0, 0.1) is 0 Å². The predicted molar refractivity (Wildman–Crippen MR) is 57.4 cm³/mol. The number of hydrogen-bond donors (Lipinski definition) is 2. The lowest BCUT2D eigenvalue weighted by atomic mass is 10.2. The summed E-state index contributed by atoms with van der Waals surface area (Å²) in [6.07, 6.45) is 4.77. The van der Waals surface area contributed by atoms with Gasteiger partial charge in [0.25, 0.3) is 0 Å². The molecule has 0 spiro atoms. The minimum atomic E-state index is 0.310. The lowest BCUT2D eigenvalue weighted by Crippen LogP contribution is -2.38. The molecule has 1 heterocycles. The van der Waals surface area contributed by atoms with Crippen LogP contribution in [-0.4, -0.2) is 23.0 Å². The number of hydrazine groups is 1. The van der Waals surface area contributed by atoms with Crippen LogP contribution in [0.25, 0.3) is 0 Å². The van der Waals surface area contributed by atoms with Crippen molar-refractivity contribution < 1.29 is 0 Å². The Balaban J connectivity index is 2.46. The number of aromatic nitrogens is 1. The fourth-order valence-corrected chi connectivity index (χ4v) is 1.75. The minimum Gasteiger partial charge on any atom is -0.271 e. The molecule has 0 amide bonds. The van der Waals surface area contributed by atoms with Gasteiger partial charge in [0, 0.05) is 30.1 Å². The first-order chi connectivity index (χ1) is 6.36. The molecular formula is C9H15N3S. The van der Waals surface area contributed by atoms with E-state index in [1.165, 1.54) is 0 Å². The van der Waals surface area contributed by atoms with E-state index in [9.17, 15) is 0 Å². The third kappa shape index (κ3) is 3.76. The normalized spacial score (nSPS) is 12.8. The molecular weight excluding hydrogens is 182 g/mol. The summed E-state index contributed by atoms with van der Waals surface area (Å²) in [6, 6.07) is 6.24. The average Bonchev–Trinajstić information content (AvgIpc) is 2.19. The Morgan fingerprint density at radius 3 is 3.00 bits per heavy atom. The maximum atomic E-state index is 5.42. The van der Waals surface area contributed by atoms with Gasteiger partial charge in [0.2, 0.25) is 0 Å². The van der Waals surface area contributed by atoms with E-state index in [0.717, 1.165) is 17.9 Å². The molecule has 0 aliphatic carbocycles. The number of rotatable bonds is 5. The van der Waals surface area contributed by atoms with E-state index in [2.05, 4.69) is 16.7 Å². The number of thioether (sulfide) groups is 1. The summed E-state index contributed by atoms with van der Waals surface area (Å²) in [4.78, 5) is 4.24. The summed E-state index contributed by atoms with van der Waals surface area (Å²) in [7, 11) is 0. The van der Waals surface area contributed by atoms with Crippen molar-refractivity contribution in [2.75, 3.05) is 12.0 Å². The number of nitrogens with two attached hydrogens (primary N) is 1. The highest BCUT2D eigenvalue weighted by Gasteiger charge is 2.06. The second-order valence-corrected chi connectivity index (χ2v) is 3.75. The SMILES string of the molecule is CSCC(Cc1ccccn1)NN. The first kappa shape index (κ1) is 10.5. The topological polar surface area (TPSA) is 50.9 Å². The number of pyridine rings is 1. The minimum absolute atomic E-state index is 0.310. The summed E-state index contributed by atoms with van der Waals surface area (Å²) >= 11 is 1.78. The summed E-state index contributed by atoms with van der Waals surface area (Å²) in [5.74, 6) is 6.42. The number of nitrogens with zero attached hydrogens (tertiary/aromatic N) is 1. The van der Waals surface area contributed by atoms with Crippen molar-refractivity contribution in [3.63, 3.8) is 0 Å². The molecule has 1 unspecified atom stereocenters. The van der Waals surface area contributed by atoms with E-state index < -0.39 is 0 Å². The molecule has 13 heavy (non-hydrogen) atoms. The van der Waals surface area contributed by atoms with E-state index in [1.807, 2.05) is 24.4 Å². The molecule has 0 saturated carbocycles. The fourth-order valence-electron chi connectivity index (χ4n) is 1.14. The Labute approximate surface area is 83.1 Å². The van der Waals surface area contributed by atoms with Crippen LogP contribution in [0.15, 0.2) is 24.4 Å². The largest absolute Gasteiger partial charge is 0.271 e. The molecule has 0 aliphatic rings. The van der Waals surface area contributed by atoms with Gasteiger partial charge in [-0.05, 0) is 18.4 Å². The first-order valence-corrected chi connectivity index (χ1v) is 5.61. The molecule has 1 rings (SSSR count). The average molecular weight is 197 g/mol. The zero-order chi connectivity index (χ0) is 9.52. The molecule has 72 valence electrons. The highest BCUT2D eigenvalue weighted by molar-refractivity contribution is 7.98. The standard InChI is InChI=1S/C9H15N3S/c1-13-7-9(12-10)6-8-4-2-3-5-11-8/h2-5,9,12H,6-7,10H2,1H3.